The molecule has 0 spiro atoms. The Bertz CT molecular complexity index is 504. The van der Waals surface area contributed by atoms with E-state index in [2.05, 4.69) is 5.32 Å². The van der Waals surface area contributed by atoms with Crippen LogP contribution >= 0.6 is 0 Å². The first-order chi connectivity index (χ1) is 8.62. The Balaban J connectivity index is 2.96. The van der Waals surface area contributed by atoms with Crippen LogP contribution in [-0.4, -0.2) is 23.0 Å². The summed E-state index contributed by atoms with van der Waals surface area (Å²) in [7, 11) is 0. The number of benzene rings is 1. The van der Waals surface area contributed by atoms with Crippen molar-refractivity contribution in [1.29, 1.82) is 0 Å². The van der Waals surface area contributed by atoms with E-state index in [1.165, 1.54) is 12.1 Å². The second-order valence-corrected chi connectivity index (χ2v) is 5.67. The number of aromatic carboxylic acids is 1. The molecule has 0 aliphatic rings. The number of carboxylic acids is 1. The minimum atomic E-state index is -1.03. The SMILES string of the molecule is Cc1ccc(C(=O)O)cc1NC(=O)[C@H](N)C(C)(C)C. The van der Waals surface area contributed by atoms with E-state index in [9.17, 15) is 9.59 Å². The molecular weight excluding hydrogens is 244 g/mol. The van der Waals surface area contributed by atoms with Crippen LogP contribution in [0.25, 0.3) is 0 Å². The highest BCUT2D eigenvalue weighted by atomic mass is 16.4. The zero-order chi connectivity index (χ0) is 14.8. The molecule has 1 aromatic carbocycles. The van der Waals surface area contributed by atoms with E-state index in [1.54, 1.807) is 13.0 Å². The number of hydrogen-bond donors (Lipinski definition) is 3. The largest absolute Gasteiger partial charge is 0.478 e. The van der Waals surface area contributed by atoms with E-state index >= 15 is 0 Å². The van der Waals surface area contributed by atoms with Crippen LogP contribution in [0.2, 0.25) is 0 Å². The molecule has 5 heteroatoms. The second kappa shape index (κ2) is 5.40. The molecule has 1 rings (SSSR count). The van der Waals surface area contributed by atoms with Crippen molar-refractivity contribution in [1.82, 2.24) is 0 Å². The number of hydrogen-bond acceptors (Lipinski definition) is 3. The number of rotatable bonds is 3. The molecule has 1 amide bonds. The van der Waals surface area contributed by atoms with E-state index in [4.69, 9.17) is 10.8 Å². The molecule has 0 aliphatic carbocycles. The molecule has 5 nitrogen and oxygen atoms in total. The summed E-state index contributed by atoms with van der Waals surface area (Å²) in [5.74, 6) is -1.35. The van der Waals surface area contributed by atoms with Crippen molar-refractivity contribution in [2.24, 2.45) is 11.1 Å². The summed E-state index contributed by atoms with van der Waals surface area (Å²) in [6.07, 6.45) is 0. The fraction of sp³-hybridized carbons (Fsp3) is 0.429. The van der Waals surface area contributed by atoms with E-state index in [1.807, 2.05) is 20.8 Å². The number of amides is 1. The number of carbonyl (C=O) groups is 2. The Morgan fingerprint density at radius 2 is 1.89 bits per heavy atom. The molecular formula is C14H20N2O3. The van der Waals surface area contributed by atoms with Crippen LogP contribution in [0.5, 0.6) is 0 Å². The van der Waals surface area contributed by atoms with Crippen LogP contribution in [-0.2, 0) is 4.79 Å². The van der Waals surface area contributed by atoms with Gasteiger partial charge in [0, 0.05) is 5.69 Å². The highest BCUT2D eigenvalue weighted by Crippen LogP contribution is 2.21. The van der Waals surface area contributed by atoms with Crippen molar-refractivity contribution >= 4 is 17.6 Å². The van der Waals surface area contributed by atoms with Crippen LogP contribution < -0.4 is 11.1 Å². The molecule has 0 bridgehead atoms. The quantitative estimate of drug-likeness (QED) is 0.778. The van der Waals surface area contributed by atoms with Crippen molar-refractivity contribution in [3.8, 4) is 0 Å². The predicted octanol–water partition coefficient (Wildman–Crippen LogP) is 2.01. The number of carboxylic acid groups (broad SMARTS) is 1. The van der Waals surface area contributed by atoms with Crippen molar-refractivity contribution in [3.63, 3.8) is 0 Å². The van der Waals surface area contributed by atoms with E-state index in [0.717, 1.165) is 5.56 Å². The number of aryl methyl sites for hydroxylation is 1. The molecule has 19 heavy (non-hydrogen) atoms. The molecule has 0 heterocycles. The molecule has 0 saturated heterocycles. The first-order valence-corrected chi connectivity index (χ1v) is 6.03. The Kier molecular flexibility index (Phi) is 4.32. The third kappa shape index (κ3) is 3.79. The lowest BCUT2D eigenvalue weighted by Gasteiger charge is -2.26. The van der Waals surface area contributed by atoms with Crippen molar-refractivity contribution in [2.75, 3.05) is 5.32 Å². The average molecular weight is 264 g/mol. The summed E-state index contributed by atoms with van der Waals surface area (Å²) in [6, 6.07) is 3.92. The predicted molar refractivity (Wildman–Crippen MR) is 74.2 cm³/mol. The molecule has 4 N–H and O–H groups in total. The fourth-order valence-corrected chi connectivity index (χ4v) is 1.49. The summed E-state index contributed by atoms with van der Waals surface area (Å²) in [6.45, 7) is 7.41. The number of nitrogens with one attached hydrogen (secondary N) is 1. The van der Waals surface area contributed by atoms with Gasteiger partial charge in [0.15, 0.2) is 0 Å². The lowest BCUT2D eigenvalue weighted by atomic mass is 9.87. The van der Waals surface area contributed by atoms with E-state index < -0.39 is 12.0 Å². The van der Waals surface area contributed by atoms with E-state index in [-0.39, 0.29) is 16.9 Å². The van der Waals surface area contributed by atoms with Gasteiger partial charge in [0.25, 0.3) is 0 Å². The van der Waals surface area contributed by atoms with Gasteiger partial charge in [0.2, 0.25) is 5.91 Å². The van der Waals surface area contributed by atoms with Gasteiger partial charge in [-0.2, -0.15) is 0 Å². The first kappa shape index (κ1) is 15.2. The standard InChI is InChI=1S/C14H20N2O3/c1-8-5-6-9(13(18)19)7-10(8)16-12(17)11(15)14(2,3)4/h5-7,11H,15H2,1-4H3,(H,16,17)(H,18,19)/t11-/m0/s1. The molecule has 1 atom stereocenters. The zero-order valence-corrected chi connectivity index (χ0v) is 11.7. The Morgan fingerprint density at radius 3 is 2.37 bits per heavy atom. The highest BCUT2D eigenvalue weighted by Gasteiger charge is 2.27. The summed E-state index contributed by atoms with van der Waals surface area (Å²) >= 11 is 0. The minimum Gasteiger partial charge on any atom is -0.478 e. The van der Waals surface area contributed by atoms with Gasteiger partial charge >= 0.3 is 5.97 Å². The minimum absolute atomic E-state index is 0.130. The fourth-order valence-electron chi connectivity index (χ4n) is 1.49. The van der Waals surface area contributed by atoms with Gasteiger partial charge in [-0.3, -0.25) is 4.79 Å². The van der Waals surface area contributed by atoms with Crippen molar-refractivity contribution in [3.05, 3.63) is 29.3 Å². The third-order valence-electron chi connectivity index (χ3n) is 2.96. The smallest absolute Gasteiger partial charge is 0.335 e. The molecule has 0 aromatic heterocycles. The average Bonchev–Trinajstić information content (AvgIpc) is 2.29. The Morgan fingerprint density at radius 1 is 1.32 bits per heavy atom. The maximum Gasteiger partial charge on any atom is 0.335 e. The third-order valence-corrected chi connectivity index (χ3v) is 2.96. The topological polar surface area (TPSA) is 92.4 Å². The zero-order valence-electron chi connectivity index (χ0n) is 11.7. The second-order valence-electron chi connectivity index (χ2n) is 5.67. The van der Waals surface area contributed by atoms with Gasteiger partial charge in [-0.1, -0.05) is 26.8 Å². The number of carbonyl (C=O) groups excluding carboxylic acids is 1. The molecule has 0 radical (unpaired) electrons. The first-order valence-electron chi connectivity index (χ1n) is 6.03. The maximum absolute atomic E-state index is 12.0. The van der Waals surface area contributed by atoms with Gasteiger partial charge in [-0.25, -0.2) is 4.79 Å². The van der Waals surface area contributed by atoms with Gasteiger partial charge in [-0.05, 0) is 30.0 Å². The van der Waals surface area contributed by atoms with Gasteiger partial charge in [0.05, 0.1) is 11.6 Å². The molecule has 1 aromatic rings. The molecule has 0 saturated carbocycles. The van der Waals surface area contributed by atoms with Gasteiger partial charge in [-0.15, -0.1) is 0 Å². The lowest BCUT2D eigenvalue weighted by molar-refractivity contribution is -0.119. The summed E-state index contributed by atoms with van der Waals surface area (Å²) in [4.78, 5) is 22.9. The Labute approximate surface area is 112 Å². The van der Waals surface area contributed by atoms with Gasteiger partial charge in [0.1, 0.15) is 0 Å². The van der Waals surface area contributed by atoms with Crippen LogP contribution in [0.3, 0.4) is 0 Å². The molecule has 0 aliphatic heterocycles. The maximum atomic E-state index is 12.0. The van der Waals surface area contributed by atoms with Gasteiger partial charge < -0.3 is 16.2 Å². The summed E-state index contributed by atoms with van der Waals surface area (Å²) < 4.78 is 0. The van der Waals surface area contributed by atoms with Crippen LogP contribution in [0.1, 0.15) is 36.7 Å². The Hall–Kier alpha value is -1.88. The van der Waals surface area contributed by atoms with Crippen LogP contribution in [0, 0.1) is 12.3 Å². The van der Waals surface area contributed by atoms with Crippen molar-refractivity contribution in [2.45, 2.75) is 33.7 Å². The molecule has 0 fully saturated rings. The monoisotopic (exact) mass is 264 g/mol. The van der Waals surface area contributed by atoms with Crippen molar-refractivity contribution < 1.29 is 14.7 Å². The van der Waals surface area contributed by atoms with Crippen LogP contribution in [0.15, 0.2) is 18.2 Å². The highest BCUT2D eigenvalue weighted by molar-refractivity contribution is 5.97. The summed E-state index contributed by atoms with van der Waals surface area (Å²) in [5, 5.41) is 11.6. The molecule has 0 unspecified atom stereocenters. The summed E-state index contributed by atoms with van der Waals surface area (Å²) in [5.41, 5.74) is 6.90. The van der Waals surface area contributed by atoms with E-state index in [0.29, 0.717) is 5.69 Å². The number of anilines is 1. The normalized spacial score (nSPS) is 12.9. The lowest BCUT2D eigenvalue weighted by Crippen LogP contribution is -2.45. The van der Waals surface area contributed by atoms with Crippen LogP contribution in [0.4, 0.5) is 5.69 Å². The molecule has 104 valence electrons. The number of nitrogens with two attached hydrogens (primary N) is 1.